The molecule has 1 aromatic heterocycles. The topological polar surface area (TPSA) is 111 Å². The minimum Gasteiger partial charge on any atom is -0.507 e. The number of Topliss-reactive ketones (excluding diaryl/α,β-unsaturated/α-hetero) is 1. The number of ether oxygens (including phenoxy) is 3. The van der Waals surface area contributed by atoms with Crippen LogP contribution in [-0.2, 0) is 15.3 Å². The fraction of sp³-hybridized carbons (Fsp3) is 0.314. The first-order valence-electron chi connectivity index (χ1n) is 15.3. The molecule has 1 N–H and O–H groups in total. The van der Waals surface area contributed by atoms with Crippen molar-refractivity contribution in [2.75, 3.05) is 24.7 Å². The van der Waals surface area contributed by atoms with Crippen LogP contribution in [-0.4, -0.2) is 46.8 Å². The number of aromatic nitrogens is 2. The van der Waals surface area contributed by atoms with Crippen molar-refractivity contribution < 1.29 is 28.9 Å². The van der Waals surface area contributed by atoms with E-state index in [-0.39, 0.29) is 16.5 Å². The Kier molecular flexibility index (Phi) is 11.4. The van der Waals surface area contributed by atoms with E-state index >= 15 is 0 Å². The molecule has 1 fully saturated rings. The third-order valence-corrected chi connectivity index (χ3v) is 9.80. The number of nitrogens with zero attached hydrogens (tertiary/aromatic N) is 3. The van der Waals surface area contributed by atoms with Crippen LogP contribution in [0.15, 0.2) is 76.6 Å². The molecule has 12 heteroatoms. The zero-order chi connectivity index (χ0) is 33.5. The Bertz CT molecular complexity index is 1760. The van der Waals surface area contributed by atoms with E-state index in [1.54, 1.807) is 42.5 Å². The minimum absolute atomic E-state index is 0.0736. The molecule has 1 aliphatic rings. The Balaban J connectivity index is 1.56. The van der Waals surface area contributed by atoms with Gasteiger partial charge in [-0.25, -0.2) is 0 Å². The van der Waals surface area contributed by atoms with E-state index in [1.165, 1.54) is 28.0 Å². The maximum Gasteiger partial charge on any atom is 0.301 e. The highest BCUT2D eigenvalue weighted by molar-refractivity contribution is 8.00. The summed E-state index contributed by atoms with van der Waals surface area (Å²) in [4.78, 5) is 28.8. The lowest BCUT2D eigenvalue weighted by molar-refractivity contribution is -0.132. The predicted molar refractivity (Wildman–Crippen MR) is 186 cm³/mol. The molecule has 1 unspecified atom stereocenters. The van der Waals surface area contributed by atoms with E-state index < -0.39 is 17.7 Å². The number of ketones is 1. The van der Waals surface area contributed by atoms with Gasteiger partial charge in [0.05, 0.1) is 31.4 Å². The molecular weight excluding hydrogens is 658 g/mol. The molecule has 9 nitrogen and oxygen atoms in total. The van der Waals surface area contributed by atoms with Gasteiger partial charge in [-0.3, -0.25) is 14.5 Å². The number of aliphatic hydroxyl groups excluding tert-OH is 1. The van der Waals surface area contributed by atoms with Crippen molar-refractivity contribution in [1.82, 2.24) is 10.2 Å². The van der Waals surface area contributed by atoms with Gasteiger partial charge in [-0.05, 0) is 79.8 Å². The maximum absolute atomic E-state index is 13.8. The van der Waals surface area contributed by atoms with Crippen LogP contribution < -0.4 is 19.1 Å². The largest absolute Gasteiger partial charge is 0.507 e. The van der Waals surface area contributed by atoms with E-state index in [0.717, 1.165) is 12.0 Å². The Hall–Kier alpha value is -4.06. The average molecular weight is 694 g/mol. The number of halogens is 1. The number of amides is 1. The smallest absolute Gasteiger partial charge is 0.301 e. The van der Waals surface area contributed by atoms with Crippen LogP contribution in [0.5, 0.6) is 17.2 Å². The molecule has 2 heterocycles. The third kappa shape index (κ3) is 7.91. The van der Waals surface area contributed by atoms with Gasteiger partial charge in [-0.15, -0.1) is 10.2 Å². The van der Waals surface area contributed by atoms with Crippen LogP contribution in [0.4, 0.5) is 5.13 Å². The van der Waals surface area contributed by atoms with Crippen molar-refractivity contribution in [3.8, 4) is 17.2 Å². The van der Waals surface area contributed by atoms with Gasteiger partial charge >= 0.3 is 5.91 Å². The lowest BCUT2D eigenvalue weighted by Crippen LogP contribution is -2.29. The fourth-order valence-electron chi connectivity index (χ4n) is 4.98. The summed E-state index contributed by atoms with van der Waals surface area (Å²) in [7, 11) is 0. The van der Waals surface area contributed by atoms with Crippen LogP contribution in [0.25, 0.3) is 5.76 Å². The highest BCUT2D eigenvalue weighted by atomic mass is 35.5. The number of anilines is 1. The highest BCUT2D eigenvalue weighted by Gasteiger charge is 2.48. The van der Waals surface area contributed by atoms with Gasteiger partial charge in [-0.1, -0.05) is 72.8 Å². The average Bonchev–Trinajstić information content (AvgIpc) is 3.63. The molecule has 5 rings (SSSR count). The summed E-state index contributed by atoms with van der Waals surface area (Å²) in [6, 6.07) is 18.5. The molecule has 3 aromatic carbocycles. The van der Waals surface area contributed by atoms with Crippen LogP contribution in [0.3, 0.4) is 0 Å². The maximum atomic E-state index is 13.8. The lowest BCUT2D eigenvalue weighted by Gasteiger charge is -2.24. The molecule has 1 saturated heterocycles. The van der Waals surface area contributed by atoms with Crippen molar-refractivity contribution in [3.05, 3.63) is 94.0 Å². The lowest BCUT2D eigenvalue weighted by atomic mass is 9.95. The van der Waals surface area contributed by atoms with Crippen molar-refractivity contribution in [1.29, 1.82) is 0 Å². The molecule has 0 aliphatic carbocycles. The number of hydrogen-bond donors (Lipinski definition) is 1. The molecule has 1 aliphatic heterocycles. The standard InChI is InChI=1S/C35H36ClN3O6S2/c1-5-43-25-14-11-22(12-15-25)31(40)29-30(23-13-16-27(28(19-23)44-6-2)45-18-17-21(3)4)39(33(42)32(29)41)34-37-38-35(47-34)46-20-24-9-7-8-10-26(24)36/h7-16,19,21,30,40H,5-6,17-18,20H2,1-4H3. The Morgan fingerprint density at radius 3 is 2.43 bits per heavy atom. The first-order valence-corrected chi connectivity index (χ1v) is 17.5. The summed E-state index contributed by atoms with van der Waals surface area (Å²) >= 11 is 8.94. The normalized spacial score (nSPS) is 15.8. The van der Waals surface area contributed by atoms with Crippen LogP contribution >= 0.6 is 34.7 Å². The molecular formula is C35H36ClN3O6S2. The van der Waals surface area contributed by atoms with E-state index in [1.807, 2.05) is 38.1 Å². The summed E-state index contributed by atoms with van der Waals surface area (Å²) in [5, 5.41) is 21.1. The van der Waals surface area contributed by atoms with Crippen LogP contribution in [0, 0.1) is 5.92 Å². The minimum atomic E-state index is -1.01. The molecule has 0 saturated carbocycles. The van der Waals surface area contributed by atoms with Gasteiger partial charge in [0.2, 0.25) is 5.13 Å². The number of hydrogen-bond acceptors (Lipinski definition) is 10. The molecule has 47 heavy (non-hydrogen) atoms. The van der Waals surface area contributed by atoms with Crippen molar-refractivity contribution in [2.45, 2.75) is 50.3 Å². The SMILES string of the molecule is CCOc1ccc(C(O)=C2C(=O)C(=O)N(c3nnc(SCc4ccccc4Cl)s3)C2c2ccc(OCCC(C)C)c(OCC)c2)cc1. The number of carbonyl (C=O) groups is 2. The molecule has 246 valence electrons. The summed E-state index contributed by atoms with van der Waals surface area (Å²) in [6.07, 6.45) is 0.865. The summed E-state index contributed by atoms with van der Waals surface area (Å²) in [6.45, 7) is 9.35. The number of thioether (sulfide) groups is 1. The molecule has 0 bridgehead atoms. The van der Waals surface area contributed by atoms with Gasteiger partial charge in [0.25, 0.3) is 5.78 Å². The second-order valence-corrected chi connectivity index (χ2v) is 13.6. The van der Waals surface area contributed by atoms with Gasteiger partial charge in [0.1, 0.15) is 11.5 Å². The van der Waals surface area contributed by atoms with Crippen LogP contribution in [0.2, 0.25) is 5.02 Å². The Morgan fingerprint density at radius 2 is 1.72 bits per heavy atom. The molecule has 0 spiro atoms. The predicted octanol–water partition coefficient (Wildman–Crippen LogP) is 8.33. The van der Waals surface area contributed by atoms with Gasteiger partial charge in [0.15, 0.2) is 15.8 Å². The van der Waals surface area contributed by atoms with Gasteiger partial charge in [-0.2, -0.15) is 0 Å². The second kappa shape index (κ2) is 15.7. The first-order chi connectivity index (χ1) is 22.7. The number of rotatable bonds is 14. The fourth-order valence-corrected chi connectivity index (χ4v) is 7.13. The highest BCUT2D eigenvalue weighted by Crippen LogP contribution is 2.46. The summed E-state index contributed by atoms with van der Waals surface area (Å²) in [5.41, 5.74) is 1.77. The second-order valence-electron chi connectivity index (χ2n) is 11.0. The molecule has 1 amide bonds. The molecule has 0 radical (unpaired) electrons. The van der Waals surface area contributed by atoms with Gasteiger partial charge in [0, 0.05) is 16.3 Å². The van der Waals surface area contributed by atoms with Crippen molar-refractivity contribution in [2.24, 2.45) is 5.92 Å². The third-order valence-electron chi connectivity index (χ3n) is 7.33. The summed E-state index contributed by atoms with van der Waals surface area (Å²) in [5.74, 6) is 0.672. The zero-order valence-corrected chi connectivity index (χ0v) is 29.0. The van der Waals surface area contributed by atoms with E-state index in [2.05, 4.69) is 24.0 Å². The first kappa shape index (κ1) is 34.3. The van der Waals surface area contributed by atoms with Crippen LogP contribution in [0.1, 0.15) is 56.8 Å². The number of carbonyl (C=O) groups excluding carboxylic acids is 2. The molecule has 4 aromatic rings. The number of aliphatic hydroxyl groups is 1. The Labute approximate surface area is 287 Å². The van der Waals surface area contributed by atoms with Crippen molar-refractivity contribution in [3.63, 3.8) is 0 Å². The monoisotopic (exact) mass is 693 g/mol. The zero-order valence-electron chi connectivity index (χ0n) is 26.6. The summed E-state index contributed by atoms with van der Waals surface area (Å²) < 4.78 is 18.1. The molecule has 1 atom stereocenters. The van der Waals surface area contributed by atoms with E-state index in [4.69, 9.17) is 25.8 Å². The Morgan fingerprint density at radius 1 is 0.979 bits per heavy atom. The van der Waals surface area contributed by atoms with Crippen molar-refractivity contribution >= 4 is 57.3 Å². The van der Waals surface area contributed by atoms with E-state index in [0.29, 0.717) is 69.2 Å². The quantitative estimate of drug-likeness (QED) is 0.0458. The van der Waals surface area contributed by atoms with E-state index in [9.17, 15) is 14.7 Å². The number of benzene rings is 3. The van der Waals surface area contributed by atoms with Gasteiger partial charge < -0.3 is 19.3 Å².